The number of nitrogens with zero attached hydrogens (tertiary/aromatic N) is 2. The van der Waals surface area contributed by atoms with E-state index in [4.69, 9.17) is 10.5 Å². The lowest BCUT2D eigenvalue weighted by atomic mass is 9.76. The molecule has 0 radical (unpaired) electrons. The van der Waals surface area contributed by atoms with E-state index in [2.05, 4.69) is 22.0 Å². The number of aryl methyl sites for hydroxylation is 1. The van der Waals surface area contributed by atoms with Crippen molar-refractivity contribution in [3.63, 3.8) is 0 Å². The van der Waals surface area contributed by atoms with Crippen LogP contribution in [0.5, 0.6) is 5.75 Å². The van der Waals surface area contributed by atoms with E-state index in [9.17, 15) is 0 Å². The molecule has 1 unspecified atom stereocenters. The smallest absolute Gasteiger partial charge is 0.191 e. The molecular weight excluding hydrogens is 226 g/mol. The fraction of sp³-hybridized carbons (Fsp3) is 0.500. The molecular formula is C14H19N3O. The first-order valence-electron chi connectivity index (χ1n) is 6.38. The van der Waals surface area contributed by atoms with E-state index in [-0.39, 0.29) is 5.54 Å². The largest absolute Gasteiger partial charge is 0.497 e. The summed E-state index contributed by atoms with van der Waals surface area (Å²) in [7, 11) is 3.75. The molecule has 0 saturated carbocycles. The highest BCUT2D eigenvalue weighted by Crippen LogP contribution is 2.43. The molecule has 0 saturated heterocycles. The van der Waals surface area contributed by atoms with Crippen LogP contribution in [0.2, 0.25) is 0 Å². The zero-order chi connectivity index (χ0) is 12.8. The first-order chi connectivity index (χ1) is 8.67. The Morgan fingerprint density at radius 3 is 2.94 bits per heavy atom. The fourth-order valence-corrected chi connectivity index (χ4v) is 3.20. The van der Waals surface area contributed by atoms with Crippen LogP contribution in [0.15, 0.2) is 23.2 Å². The van der Waals surface area contributed by atoms with E-state index < -0.39 is 0 Å². The maximum atomic E-state index is 5.96. The zero-order valence-electron chi connectivity index (χ0n) is 10.9. The van der Waals surface area contributed by atoms with Crippen LogP contribution in [0.3, 0.4) is 0 Å². The summed E-state index contributed by atoms with van der Waals surface area (Å²) in [4.78, 5) is 6.56. The first kappa shape index (κ1) is 11.4. The molecule has 2 N–H and O–H groups in total. The van der Waals surface area contributed by atoms with Crippen LogP contribution in [0.4, 0.5) is 0 Å². The zero-order valence-corrected chi connectivity index (χ0v) is 10.9. The van der Waals surface area contributed by atoms with Crippen molar-refractivity contribution in [3.05, 3.63) is 29.3 Å². The Hall–Kier alpha value is -1.71. The predicted octanol–water partition coefficient (Wildman–Crippen LogP) is 1.49. The maximum Gasteiger partial charge on any atom is 0.191 e. The van der Waals surface area contributed by atoms with Crippen molar-refractivity contribution < 1.29 is 4.74 Å². The molecule has 0 bridgehead atoms. The van der Waals surface area contributed by atoms with Gasteiger partial charge in [-0.2, -0.15) is 0 Å². The Bertz CT molecular complexity index is 512. The van der Waals surface area contributed by atoms with Crippen molar-refractivity contribution in [2.75, 3.05) is 20.7 Å². The Kier molecular flexibility index (Phi) is 2.47. The Labute approximate surface area is 107 Å². The molecule has 1 aromatic carbocycles. The summed E-state index contributed by atoms with van der Waals surface area (Å²) in [6.07, 6.45) is 3.43. The molecule has 0 amide bonds. The molecule has 1 heterocycles. The van der Waals surface area contributed by atoms with E-state index in [1.165, 1.54) is 17.5 Å². The maximum absolute atomic E-state index is 5.96. The van der Waals surface area contributed by atoms with Gasteiger partial charge < -0.3 is 15.4 Å². The molecule has 1 aliphatic heterocycles. The van der Waals surface area contributed by atoms with Crippen LogP contribution in [0, 0.1) is 0 Å². The number of likely N-dealkylation sites (N-methyl/N-ethyl adjacent to an activating group) is 1. The monoisotopic (exact) mass is 245 g/mol. The Morgan fingerprint density at radius 1 is 1.44 bits per heavy atom. The quantitative estimate of drug-likeness (QED) is 0.815. The predicted molar refractivity (Wildman–Crippen MR) is 71.9 cm³/mol. The number of hydrogen-bond donors (Lipinski definition) is 1. The third-order valence-corrected chi connectivity index (χ3v) is 4.34. The molecule has 4 heteroatoms. The summed E-state index contributed by atoms with van der Waals surface area (Å²) in [5.74, 6) is 1.56. The summed E-state index contributed by atoms with van der Waals surface area (Å²) in [5.41, 5.74) is 8.64. The third kappa shape index (κ3) is 1.41. The molecule has 18 heavy (non-hydrogen) atoms. The number of aliphatic imine (C=N–C) groups is 1. The number of rotatable bonds is 1. The van der Waals surface area contributed by atoms with Gasteiger partial charge in [0, 0.05) is 7.05 Å². The van der Waals surface area contributed by atoms with E-state index in [0.29, 0.717) is 5.96 Å². The first-order valence-corrected chi connectivity index (χ1v) is 6.38. The van der Waals surface area contributed by atoms with Crippen LogP contribution in [-0.4, -0.2) is 31.6 Å². The molecule has 1 atom stereocenters. The van der Waals surface area contributed by atoms with Crippen molar-refractivity contribution in [2.45, 2.75) is 24.8 Å². The molecule has 1 spiro atoms. The van der Waals surface area contributed by atoms with Gasteiger partial charge >= 0.3 is 0 Å². The van der Waals surface area contributed by atoms with Crippen molar-refractivity contribution in [2.24, 2.45) is 10.7 Å². The molecule has 0 aromatic heterocycles. The van der Waals surface area contributed by atoms with Crippen molar-refractivity contribution in [1.29, 1.82) is 0 Å². The van der Waals surface area contributed by atoms with Crippen molar-refractivity contribution in [1.82, 2.24) is 4.90 Å². The van der Waals surface area contributed by atoms with Crippen LogP contribution in [0.1, 0.15) is 24.0 Å². The van der Waals surface area contributed by atoms with Gasteiger partial charge in [-0.15, -0.1) is 0 Å². The van der Waals surface area contributed by atoms with Gasteiger partial charge in [0.25, 0.3) is 0 Å². The minimum Gasteiger partial charge on any atom is -0.497 e. The molecule has 2 aliphatic rings. The second kappa shape index (κ2) is 3.90. The summed E-state index contributed by atoms with van der Waals surface area (Å²) < 4.78 is 5.36. The average molecular weight is 245 g/mol. The minimum atomic E-state index is -0.0494. The lowest BCUT2D eigenvalue weighted by Crippen LogP contribution is -2.48. The third-order valence-electron chi connectivity index (χ3n) is 4.34. The molecule has 96 valence electrons. The highest BCUT2D eigenvalue weighted by Gasteiger charge is 2.44. The summed E-state index contributed by atoms with van der Waals surface area (Å²) in [6.45, 7) is 0.759. The fourth-order valence-electron chi connectivity index (χ4n) is 3.20. The summed E-state index contributed by atoms with van der Waals surface area (Å²) in [5, 5.41) is 0. The molecule has 3 rings (SSSR count). The van der Waals surface area contributed by atoms with Crippen LogP contribution < -0.4 is 10.5 Å². The van der Waals surface area contributed by atoms with Gasteiger partial charge in [-0.05, 0) is 42.5 Å². The number of nitrogens with two attached hydrogens (primary N) is 1. The number of benzene rings is 1. The van der Waals surface area contributed by atoms with Crippen molar-refractivity contribution >= 4 is 5.96 Å². The second-order valence-electron chi connectivity index (χ2n) is 5.14. The van der Waals surface area contributed by atoms with E-state index in [1.54, 1.807) is 7.11 Å². The number of guanidine groups is 1. The summed E-state index contributed by atoms with van der Waals surface area (Å²) in [6, 6.07) is 6.37. The van der Waals surface area contributed by atoms with Gasteiger partial charge in [0.2, 0.25) is 0 Å². The van der Waals surface area contributed by atoms with Gasteiger partial charge in [0.05, 0.1) is 19.2 Å². The molecule has 1 aliphatic carbocycles. The van der Waals surface area contributed by atoms with Gasteiger partial charge in [-0.1, -0.05) is 6.07 Å². The molecule has 1 aromatic rings. The van der Waals surface area contributed by atoms with E-state index >= 15 is 0 Å². The van der Waals surface area contributed by atoms with Gasteiger partial charge in [-0.3, -0.25) is 4.99 Å². The number of fused-ring (bicyclic) bond motifs is 2. The van der Waals surface area contributed by atoms with E-state index in [1.807, 2.05) is 13.1 Å². The standard InChI is InChI=1S/C14H19N3O/c1-17-13(15)16-9-14(17)7-3-4-10-5-6-11(18-2)8-12(10)14/h5-6,8H,3-4,7,9H2,1-2H3,(H2,15,16). The second-order valence-corrected chi connectivity index (χ2v) is 5.14. The van der Waals surface area contributed by atoms with Crippen molar-refractivity contribution in [3.8, 4) is 5.75 Å². The van der Waals surface area contributed by atoms with Gasteiger partial charge in [0.1, 0.15) is 5.75 Å². The van der Waals surface area contributed by atoms with Gasteiger partial charge in [0.15, 0.2) is 5.96 Å². The number of hydrogen-bond acceptors (Lipinski definition) is 4. The Morgan fingerprint density at radius 2 is 2.28 bits per heavy atom. The average Bonchev–Trinajstić information content (AvgIpc) is 2.69. The normalized spacial score (nSPS) is 26.1. The number of methoxy groups -OCH3 is 1. The topological polar surface area (TPSA) is 50.9 Å². The molecule has 0 fully saturated rings. The van der Waals surface area contributed by atoms with Gasteiger partial charge in [-0.25, -0.2) is 0 Å². The van der Waals surface area contributed by atoms with Crippen LogP contribution in [-0.2, 0) is 12.0 Å². The minimum absolute atomic E-state index is 0.0494. The van der Waals surface area contributed by atoms with Crippen LogP contribution >= 0.6 is 0 Å². The highest BCUT2D eigenvalue weighted by atomic mass is 16.5. The highest BCUT2D eigenvalue weighted by molar-refractivity contribution is 5.81. The summed E-state index contributed by atoms with van der Waals surface area (Å²) >= 11 is 0. The lowest BCUT2D eigenvalue weighted by molar-refractivity contribution is 0.203. The van der Waals surface area contributed by atoms with Crippen LogP contribution in [0.25, 0.3) is 0 Å². The lowest BCUT2D eigenvalue weighted by Gasteiger charge is -2.41. The SMILES string of the molecule is COc1ccc2c(c1)C1(CCC2)CN=C(N)N1C. The van der Waals surface area contributed by atoms with E-state index in [0.717, 1.165) is 25.1 Å². The molecule has 4 nitrogen and oxygen atoms in total. The Balaban J connectivity index is 2.11. The number of ether oxygens (including phenoxy) is 1.